The van der Waals surface area contributed by atoms with Gasteiger partial charge in [0, 0.05) is 24.3 Å². The van der Waals surface area contributed by atoms with E-state index in [4.69, 9.17) is 0 Å². The van der Waals surface area contributed by atoms with Gasteiger partial charge in [-0.25, -0.2) is 0 Å². The van der Waals surface area contributed by atoms with Gasteiger partial charge in [-0.2, -0.15) is 0 Å². The number of thioether (sulfide) groups is 2. The van der Waals surface area contributed by atoms with Crippen LogP contribution < -0.4 is 0 Å². The van der Waals surface area contributed by atoms with Gasteiger partial charge in [0.15, 0.2) is 0 Å². The van der Waals surface area contributed by atoms with E-state index in [9.17, 15) is 0 Å². The summed E-state index contributed by atoms with van der Waals surface area (Å²) in [6.07, 6.45) is 7.10. The van der Waals surface area contributed by atoms with Crippen molar-refractivity contribution in [3.8, 4) is 22.3 Å². The third kappa shape index (κ3) is 7.25. The Morgan fingerprint density at radius 2 is 1.21 bits per heavy atom. The van der Waals surface area contributed by atoms with Gasteiger partial charge >= 0.3 is 0 Å². The predicted octanol–water partition coefficient (Wildman–Crippen LogP) is 3.73. The summed E-state index contributed by atoms with van der Waals surface area (Å²) < 4.78 is 0. The molecular weight excluding hydrogens is 208 g/mol. The third-order valence-electron chi connectivity index (χ3n) is 1.89. The molecule has 76 valence electrons. The maximum Gasteiger partial charge on any atom is 0.00976 e. The molecule has 0 atom stereocenters. The number of rotatable bonds is 0. The summed E-state index contributed by atoms with van der Waals surface area (Å²) in [5, 5.41) is 6.32. The topological polar surface area (TPSA) is 0 Å². The number of hydrogen-bond acceptors (Lipinski definition) is 2. The van der Waals surface area contributed by atoms with Crippen molar-refractivity contribution >= 4 is 23.5 Å². The third-order valence-corrected chi connectivity index (χ3v) is 3.45. The fourth-order valence-electron chi connectivity index (χ4n) is 1.11. The molecule has 0 amide bonds. The summed E-state index contributed by atoms with van der Waals surface area (Å²) in [7, 11) is 0. The Hall–Kier alpha value is -0.180. The average Bonchev–Trinajstić information content (AvgIpc) is 2.22. The van der Waals surface area contributed by atoms with Crippen LogP contribution in [0.3, 0.4) is 0 Å². The molecule has 0 N–H and O–H groups in total. The highest BCUT2D eigenvalue weighted by Crippen LogP contribution is 2.08. The maximum absolute atomic E-state index is 3.21. The fraction of sp³-hybridized carbons (Fsp3) is 0.667. The molecule has 0 spiro atoms. The van der Waals surface area contributed by atoms with Gasteiger partial charge in [-0.3, -0.25) is 0 Å². The van der Waals surface area contributed by atoms with Crippen molar-refractivity contribution in [2.75, 3.05) is 11.5 Å². The van der Waals surface area contributed by atoms with Crippen molar-refractivity contribution in [1.29, 1.82) is 0 Å². The van der Waals surface area contributed by atoms with E-state index in [-0.39, 0.29) is 0 Å². The summed E-state index contributed by atoms with van der Waals surface area (Å²) in [5.74, 6) is 8.73. The lowest BCUT2D eigenvalue weighted by atomic mass is 10.1. The first-order valence-electron chi connectivity index (χ1n) is 5.19. The highest BCUT2D eigenvalue weighted by molar-refractivity contribution is 8.04. The van der Waals surface area contributed by atoms with Gasteiger partial charge < -0.3 is 0 Å². The molecule has 0 aromatic heterocycles. The zero-order chi connectivity index (χ0) is 9.90. The molecule has 1 aliphatic heterocycles. The lowest BCUT2D eigenvalue weighted by Gasteiger charge is -1.94. The minimum Gasteiger partial charge on any atom is -0.0913 e. The van der Waals surface area contributed by atoms with Crippen LogP contribution in [-0.2, 0) is 0 Å². The summed E-state index contributed by atoms with van der Waals surface area (Å²) in [6, 6.07) is 0. The Morgan fingerprint density at radius 1 is 0.643 bits per heavy atom. The molecule has 0 nitrogen and oxygen atoms in total. The summed E-state index contributed by atoms with van der Waals surface area (Å²) >= 11 is 3.51. The van der Waals surface area contributed by atoms with Crippen LogP contribution in [0.25, 0.3) is 0 Å². The van der Waals surface area contributed by atoms with Gasteiger partial charge in [0.05, 0.1) is 0 Å². The summed E-state index contributed by atoms with van der Waals surface area (Å²) in [6.45, 7) is 0. The Labute approximate surface area is 96.0 Å². The van der Waals surface area contributed by atoms with Crippen molar-refractivity contribution < 1.29 is 0 Å². The van der Waals surface area contributed by atoms with Gasteiger partial charge in [-0.15, -0.1) is 0 Å². The van der Waals surface area contributed by atoms with Crippen LogP contribution in [0.2, 0.25) is 0 Å². The average molecular weight is 224 g/mol. The summed E-state index contributed by atoms with van der Waals surface area (Å²) in [4.78, 5) is 0. The normalized spacial score (nSPS) is 19.4. The van der Waals surface area contributed by atoms with Gasteiger partial charge in [-0.1, -0.05) is 41.8 Å². The van der Waals surface area contributed by atoms with Crippen molar-refractivity contribution in [1.82, 2.24) is 0 Å². The second kappa shape index (κ2) is 9.38. The Kier molecular flexibility index (Phi) is 7.97. The molecular formula is C12H16S2. The molecule has 0 aliphatic carbocycles. The highest BCUT2D eigenvalue weighted by Gasteiger charge is 1.89. The van der Waals surface area contributed by atoms with E-state index in [1.165, 1.54) is 25.7 Å². The molecule has 0 fully saturated rings. The SMILES string of the molecule is C1#CSCCCSC#CCCCCC1. The smallest absolute Gasteiger partial charge is 0.00976 e. The molecule has 0 bridgehead atoms. The maximum atomic E-state index is 3.21. The molecule has 0 saturated carbocycles. The Morgan fingerprint density at radius 3 is 1.79 bits per heavy atom. The predicted molar refractivity (Wildman–Crippen MR) is 68.2 cm³/mol. The first-order valence-corrected chi connectivity index (χ1v) is 7.16. The fourth-order valence-corrected chi connectivity index (χ4v) is 2.49. The number of hydrogen-bond donors (Lipinski definition) is 0. The molecule has 2 heteroatoms. The molecule has 0 unspecified atom stereocenters. The van der Waals surface area contributed by atoms with Crippen LogP contribution in [0.4, 0.5) is 0 Å². The molecule has 0 aromatic rings. The molecule has 1 heterocycles. The van der Waals surface area contributed by atoms with Gasteiger partial charge in [0.1, 0.15) is 0 Å². The van der Waals surface area contributed by atoms with E-state index in [1.54, 1.807) is 23.5 Å². The monoisotopic (exact) mass is 224 g/mol. The largest absolute Gasteiger partial charge is 0.0913 e. The molecule has 1 aliphatic rings. The van der Waals surface area contributed by atoms with Gasteiger partial charge in [0.25, 0.3) is 0 Å². The van der Waals surface area contributed by atoms with Crippen LogP contribution in [0.5, 0.6) is 0 Å². The summed E-state index contributed by atoms with van der Waals surface area (Å²) in [5.41, 5.74) is 0. The van der Waals surface area contributed by atoms with Gasteiger partial charge in [-0.05, 0) is 29.8 Å². The first kappa shape index (κ1) is 11.9. The standard InChI is InChI=1S/C12H16S2/c1-2-4-6-9-13-11-8-12-14-10-7-5-3-1/h1-5,8,11-12H2. The first-order chi connectivity index (χ1) is 7.00. The van der Waals surface area contributed by atoms with E-state index in [2.05, 4.69) is 22.3 Å². The van der Waals surface area contributed by atoms with Crippen molar-refractivity contribution in [3.63, 3.8) is 0 Å². The van der Waals surface area contributed by atoms with Crippen molar-refractivity contribution in [2.45, 2.75) is 38.5 Å². The Balaban J connectivity index is 2.21. The Bertz CT molecular complexity index is 201. The quantitative estimate of drug-likeness (QED) is 0.575. The van der Waals surface area contributed by atoms with E-state index in [0.717, 1.165) is 24.3 Å². The van der Waals surface area contributed by atoms with E-state index in [0.29, 0.717) is 0 Å². The van der Waals surface area contributed by atoms with Gasteiger partial charge in [0.2, 0.25) is 0 Å². The van der Waals surface area contributed by atoms with Crippen LogP contribution in [0, 0.1) is 22.3 Å². The van der Waals surface area contributed by atoms with Crippen LogP contribution in [0.1, 0.15) is 38.5 Å². The second-order valence-electron chi connectivity index (χ2n) is 3.17. The highest BCUT2D eigenvalue weighted by atomic mass is 32.2. The lowest BCUT2D eigenvalue weighted by Crippen LogP contribution is -1.81. The molecule has 14 heavy (non-hydrogen) atoms. The van der Waals surface area contributed by atoms with E-state index < -0.39 is 0 Å². The second-order valence-corrected chi connectivity index (χ2v) is 4.97. The molecule has 0 saturated heterocycles. The van der Waals surface area contributed by atoms with E-state index in [1.807, 2.05) is 0 Å². The molecule has 1 rings (SSSR count). The zero-order valence-electron chi connectivity index (χ0n) is 8.47. The van der Waals surface area contributed by atoms with Crippen LogP contribution >= 0.6 is 23.5 Å². The van der Waals surface area contributed by atoms with Crippen molar-refractivity contribution in [3.05, 3.63) is 0 Å². The zero-order valence-corrected chi connectivity index (χ0v) is 10.1. The van der Waals surface area contributed by atoms with E-state index >= 15 is 0 Å². The molecule has 0 aromatic carbocycles. The molecule has 0 radical (unpaired) electrons. The minimum absolute atomic E-state index is 1.06. The van der Waals surface area contributed by atoms with Crippen LogP contribution in [0.15, 0.2) is 0 Å². The van der Waals surface area contributed by atoms with Crippen molar-refractivity contribution in [2.24, 2.45) is 0 Å². The lowest BCUT2D eigenvalue weighted by molar-refractivity contribution is 0.709. The minimum atomic E-state index is 1.06. The van der Waals surface area contributed by atoms with Crippen LogP contribution in [-0.4, -0.2) is 11.5 Å².